The van der Waals surface area contributed by atoms with E-state index >= 15 is 0 Å². The Morgan fingerprint density at radius 2 is 1.69 bits per heavy atom. The van der Waals surface area contributed by atoms with Gasteiger partial charge in [-0.25, -0.2) is 9.97 Å². The SMILES string of the molecule is Cc1ccc(NC(=O)c2cc(-c3ccccc3)nc3ccccc23)nc1. The van der Waals surface area contributed by atoms with Crippen molar-refractivity contribution in [1.82, 2.24) is 9.97 Å². The third-order valence-electron chi connectivity index (χ3n) is 4.18. The molecular formula is C22H17N3O. The summed E-state index contributed by atoms with van der Waals surface area (Å²) in [6.07, 6.45) is 1.73. The number of hydrogen-bond acceptors (Lipinski definition) is 3. The molecule has 0 saturated heterocycles. The van der Waals surface area contributed by atoms with Gasteiger partial charge in [0, 0.05) is 17.1 Å². The summed E-state index contributed by atoms with van der Waals surface area (Å²) < 4.78 is 0. The topological polar surface area (TPSA) is 54.9 Å². The van der Waals surface area contributed by atoms with Crippen molar-refractivity contribution in [2.75, 3.05) is 5.32 Å². The molecule has 0 saturated carbocycles. The second-order valence-corrected chi connectivity index (χ2v) is 6.11. The molecule has 4 heteroatoms. The molecule has 4 aromatic rings. The first-order chi connectivity index (χ1) is 12.7. The van der Waals surface area contributed by atoms with Crippen molar-refractivity contribution in [3.8, 4) is 11.3 Å². The number of nitrogens with zero attached hydrogens (tertiary/aromatic N) is 2. The van der Waals surface area contributed by atoms with E-state index in [0.717, 1.165) is 27.7 Å². The maximum absolute atomic E-state index is 12.9. The maximum Gasteiger partial charge on any atom is 0.257 e. The van der Waals surface area contributed by atoms with Crippen LogP contribution in [-0.2, 0) is 0 Å². The predicted octanol–water partition coefficient (Wildman–Crippen LogP) is 4.86. The van der Waals surface area contributed by atoms with Gasteiger partial charge in [0.05, 0.1) is 16.8 Å². The number of benzene rings is 2. The van der Waals surface area contributed by atoms with Crippen LogP contribution in [0.5, 0.6) is 0 Å². The van der Waals surface area contributed by atoms with Gasteiger partial charge in [-0.05, 0) is 30.7 Å². The van der Waals surface area contributed by atoms with Crippen molar-refractivity contribution >= 4 is 22.6 Å². The summed E-state index contributed by atoms with van der Waals surface area (Å²) in [6, 6.07) is 23.1. The number of aromatic nitrogens is 2. The van der Waals surface area contributed by atoms with Crippen LogP contribution in [-0.4, -0.2) is 15.9 Å². The number of carbonyl (C=O) groups excluding carboxylic acids is 1. The normalized spacial score (nSPS) is 10.7. The zero-order valence-corrected chi connectivity index (χ0v) is 14.3. The van der Waals surface area contributed by atoms with Gasteiger partial charge in [0.15, 0.2) is 0 Å². The molecular weight excluding hydrogens is 322 g/mol. The number of amides is 1. The summed E-state index contributed by atoms with van der Waals surface area (Å²) in [4.78, 5) is 21.9. The number of rotatable bonds is 3. The monoisotopic (exact) mass is 339 g/mol. The molecule has 0 atom stereocenters. The fourth-order valence-electron chi connectivity index (χ4n) is 2.85. The van der Waals surface area contributed by atoms with Crippen molar-refractivity contribution in [2.45, 2.75) is 6.92 Å². The first-order valence-corrected chi connectivity index (χ1v) is 8.40. The quantitative estimate of drug-likeness (QED) is 0.580. The van der Waals surface area contributed by atoms with Gasteiger partial charge in [-0.3, -0.25) is 4.79 Å². The Labute approximate surface area is 151 Å². The van der Waals surface area contributed by atoms with E-state index < -0.39 is 0 Å². The minimum Gasteiger partial charge on any atom is -0.307 e. The molecule has 1 N–H and O–H groups in total. The van der Waals surface area contributed by atoms with Gasteiger partial charge in [-0.2, -0.15) is 0 Å². The number of fused-ring (bicyclic) bond motifs is 1. The van der Waals surface area contributed by atoms with Crippen LogP contribution in [0.1, 0.15) is 15.9 Å². The van der Waals surface area contributed by atoms with Gasteiger partial charge in [-0.1, -0.05) is 54.6 Å². The zero-order chi connectivity index (χ0) is 17.9. The first-order valence-electron chi connectivity index (χ1n) is 8.40. The van der Waals surface area contributed by atoms with Crippen LogP contribution < -0.4 is 5.32 Å². The molecule has 2 aromatic heterocycles. The largest absolute Gasteiger partial charge is 0.307 e. The van der Waals surface area contributed by atoms with Crippen molar-refractivity contribution < 1.29 is 4.79 Å². The van der Waals surface area contributed by atoms with E-state index in [0.29, 0.717) is 11.4 Å². The molecule has 0 radical (unpaired) electrons. The summed E-state index contributed by atoms with van der Waals surface area (Å²) in [6.45, 7) is 1.96. The van der Waals surface area contributed by atoms with E-state index in [1.54, 1.807) is 12.3 Å². The number of hydrogen-bond donors (Lipinski definition) is 1. The second-order valence-electron chi connectivity index (χ2n) is 6.11. The number of aryl methyl sites for hydroxylation is 1. The Morgan fingerprint density at radius 3 is 2.46 bits per heavy atom. The molecule has 0 aliphatic heterocycles. The highest BCUT2D eigenvalue weighted by Crippen LogP contribution is 2.25. The molecule has 0 bridgehead atoms. The Balaban J connectivity index is 1.79. The van der Waals surface area contributed by atoms with Crippen LogP contribution in [0.2, 0.25) is 0 Å². The van der Waals surface area contributed by atoms with Gasteiger partial charge >= 0.3 is 0 Å². The van der Waals surface area contributed by atoms with Crippen LogP contribution in [0.25, 0.3) is 22.2 Å². The van der Waals surface area contributed by atoms with E-state index in [4.69, 9.17) is 4.98 Å². The van der Waals surface area contributed by atoms with Crippen LogP contribution in [0.15, 0.2) is 79.0 Å². The van der Waals surface area contributed by atoms with Gasteiger partial charge in [0.2, 0.25) is 0 Å². The van der Waals surface area contributed by atoms with Gasteiger partial charge in [0.1, 0.15) is 5.82 Å². The van der Waals surface area contributed by atoms with Crippen LogP contribution >= 0.6 is 0 Å². The molecule has 2 heterocycles. The lowest BCUT2D eigenvalue weighted by atomic mass is 10.0. The third kappa shape index (κ3) is 3.17. The lowest BCUT2D eigenvalue weighted by molar-refractivity contribution is 0.102. The highest BCUT2D eigenvalue weighted by Gasteiger charge is 2.14. The molecule has 0 aliphatic carbocycles. The number of nitrogens with one attached hydrogen (secondary N) is 1. The molecule has 0 fully saturated rings. The van der Waals surface area contributed by atoms with Crippen molar-refractivity contribution in [1.29, 1.82) is 0 Å². The van der Waals surface area contributed by atoms with Crippen LogP contribution in [0.4, 0.5) is 5.82 Å². The summed E-state index contributed by atoms with van der Waals surface area (Å²) in [5, 5.41) is 3.69. The molecule has 4 rings (SSSR count). The second kappa shape index (κ2) is 6.76. The number of para-hydroxylation sites is 1. The fraction of sp³-hybridized carbons (Fsp3) is 0.0455. The summed E-state index contributed by atoms with van der Waals surface area (Å²) in [5.41, 5.74) is 4.16. The minimum atomic E-state index is -0.197. The Hall–Kier alpha value is -3.53. The molecule has 0 spiro atoms. The number of anilines is 1. The first kappa shape index (κ1) is 16.0. The molecule has 0 unspecified atom stereocenters. The lowest BCUT2D eigenvalue weighted by Gasteiger charge is -2.10. The molecule has 126 valence electrons. The van der Waals surface area contributed by atoms with Crippen LogP contribution in [0.3, 0.4) is 0 Å². The lowest BCUT2D eigenvalue weighted by Crippen LogP contribution is -2.14. The highest BCUT2D eigenvalue weighted by molar-refractivity contribution is 6.12. The average molecular weight is 339 g/mol. The standard InChI is InChI=1S/C22H17N3O/c1-15-11-12-21(23-14-15)25-22(26)18-13-20(16-7-3-2-4-8-16)24-19-10-6-5-9-17(18)19/h2-14H,1H3,(H,23,25,26). The van der Waals surface area contributed by atoms with Gasteiger partial charge in [-0.15, -0.1) is 0 Å². The Kier molecular flexibility index (Phi) is 4.15. The fourth-order valence-corrected chi connectivity index (χ4v) is 2.85. The summed E-state index contributed by atoms with van der Waals surface area (Å²) in [5.74, 6) is 0.333. The van der Waals surface area contributed by atoms with Crippen molar-refractivity contribution in [3.63, 3.8) is 0 Å². The Morgan fingerprint density at radius 1 is 0.923 bits per heavy atom. The molecule has 0 aliphatic rings. The maximum atomic E-state index is 12.9. The van der Waals surface area contributed by atoms with E-state index in [1.807, 2.05) is 73.7 Å². The van der Waals surface area contributed by atoms with E-state index in [1.165, 1.54) is 0 Å². The summed E-state index contributed by atoms with van der Waals surface area (Å²) in [7, 11) is 0. The molecule has 4 nitrogen and oxygen atoms in total. The van der Waals surface area contributed by atoms with Crippen LogP contribution in [0, 0.1) is 6.92 Å². The third-order valence-corrected chi connectivity index (χ3v) is 4.18. The molecule has 2 aromatic carbocycles. The average Bonchev–Trinajstić information content (AvgIpc) is 2.69. The molecule has 1 amide bonds. The summed E-state index contributed by atoms with van der Waals surface area (Å²) >= 11 is 0. The predicted molar refractivity (Wildman–Crippen MR) is 104 cm³/mol. The highest BCUT2D eigenvalue weighted by atomic mass is 16.1. The number of pyridine rings is 2. The van der Waals surface area contributed by atoms with Crippen molar-refractivity contribution in [3.05, 3.63) is 90.1 Å². The van der Waals surface area contributed by atoms with E-state index in [-0.39, 0.29) is 5.91 Å². The van der Waals surface area contributed by atoms with Crippen molar-refractivity contribution in [2.24, 2.45) is 0 Å². The van der Waals surface area contributed by atoms with E-state index in [9.17, 15) is 4.79 Å². The molecule has 26 heavy (non-hydrogen) atoms. The number of carbonyl (C=O) groups is 1. The smallest absolute Gasteiger partial charge is 0.257 e. The Bertz CT molecular complexity index is 1070. The minimum absolute atomic E-state index is 0.197. The zero-order valence-electron chi connectivity index (χ0n) is 14.3. The van der Waals surface area contributed by atoms with E-state index in [2.05, 4.69) is 10.3 Å². The van der Waals surface area contributed by atoms with Gasteiger partial charge < -0.3 is 5.32 Å². The van der Waals surface area contributed by atoms with Gasteiger partial charge in [0.25, 0.3) is 5.91 Å².